The standard InChI is InChI=1S/C27H24N2O11/c1-36-27-24(37-15-17-5-3-2-4-6-17)23(40-26(31)19-9-13-21(14-10-19)29(34)35)22(39-27)16-38-25(30)18-7-11-20(12-8-18)28(32)33/h2-14,22-24,27H,15-16H2,1H3/t22-,23+,24-,27-/m0/s1. The highest BCUT2D eigenvalue weighted by atomic mass is 16.7. The predicted molar refractivity (Wildman–Crippen MR) is 136 cm³/mol. The molecule has 3 aromatic rings. The minimum atomic E-state index is -1.10. The van der Waals surface area contributed by atoms with Crippen LogP contribution in [0.5, 0.6) is 0 Å². The Morgan fingerprint density at radius 1 is 0.800 bits per heavy atom. The second-order valence-corrected chi connectivity index (χ2v) is 8.62. The van der Waals surface area contributed by atoms with Gasteiger partial charge in [0, 0.05) is 31.4 Å². The minimum Gasteiger partial charge on any atom is -0.459 e. The number of ether oxygens (including phenoxy) is 5. The molecule has 4 rings (SSSR count). The SMILES string of the molecule is CO[C@H]1O[C@@H](COC(=O)c2ccc([N+](=O)[O-])cc2)[C@@H](OC(=O)c2ccc([N+](=O)[O-])cc2)[C@@H]1OCc1ccccc1. The minimum absolute atomic E-state index is 0.0508. The molecule has 13 nitrogen and oxygen atoms in total. The second-order valence-electron chi connectivity index (χ2n) is 8.62. The summed E-state index contributed by atoms with van der Waals surface area (Å²) in [6, 6.07) is 18.9. The Hall–Kier alpha value is -4.72. The highest BCUT2D eigenvalue weighted by Crippen LogP contribution is 2.30. The molecule has 0 amide bonds. The van der Waals surface area contributed by atoms with Gasteiger partial charge in [-0.3, -0.25) is 20.2 Å². The Labute approximate surface area is 227 Å². The van der Waals surface area contributed by atoms with Gasteiger partial charge in [0.05, 0.1) is 27.6 Å². The van der Waals surface area contributed by atoms with Crippen molar-refractivity contribution in [3.05, 3.63) is 116 Å². The molecule has 1 heterocycles. The van der Waals surface area contributed by atoms with Crippen LogP contribution in [0.3, 0.4) is 0 Å². The molecule has 0 aliphatic carbocycles. The molecule has 1 saturated heterocycles. The van der Waals surface area contributed by atoms with Crippen LogP contribution in [0.15, 0.2) is 78.9 Å². The smallest absolute Gasteiger partial charge is 0.338 e. The van der Waals surface area contributed by atoms with Gasteiger partial charge in [-0.05, 0) is 29.8 Å². The van der Waals surface area contributed by atoms with Crippen molar-refractivity contribution in [2.45, 2.75) is 31.2 Å². The first kappa shape index (κ1) is 28.3. The van der Waals surface area contributed by atoms with Gasteiger partial charge < -0.3 is 23.7 Å². The fraction of sp³-hybridized carbons (Fsp3) is 0.259. The van der Waals surface area contributed by atoms with Crippen LogP contribution in [0.1, 0.15) is 26.3 Å². The molecule has 0 bridgehead atoms. The van der Waals surface area contributed by atoms with Crippen LogP contribution < -0.4 is 0 Å². The first-order valence-electron chi connectivity index (χ1n) is 12.0. The molecule has 208 valence electrons. The zero-order valence-electron chi connectivity index (χ0n) is 21.1. The number of benzene rings is 3. The van der Waals surface area contributed by atoms with Crippen molar-refractivity contribution < 1.29 is 43.1 Å². The molecule has 1 fully saturated rings. The van der Waals surface area contributed by atoms with Crippen LogP contribution in [-0.4, -0.2) is 60.1 Å². The Bertz CT molecular complexity index is 1350. The third-order valence-electron chi connectivity index (χ3n) is 6.03. The van der Waals surface area contributed by atoms with Crippen LogP contribution >= 0.6 is 0 Å². The maximum atomic E-state index is 13.0. The summed E-state index contributed by atoms with van der Waals surface area (Å²) in [5, 5.41) is 21.8. The second kappa shape index (κ2) is 12.9. The van der Waals surface area contributed by atoms with Gasteiger partial charge in [-0.25, -0.2) is 9.59 Å². The topological polar surface area (TPSA) is 167 Å². The highest BCUT2D eigenvalue weighted by Gasteiger charge is 2.49. The summed E-state index contributed by atoms with van der Waals surface area (Å²) in [4.78, 5) is 46.2. The first-order valence-corrected chi connectivity index (χ1v) is 12.0. The summed E-state index contributed by atoms with van der Waals surface area (Å²) in [7, 11) is 1.38. The van der Waals surface area contributed by atoms with E-state index >= 15 is 0 Å². The number of nitrogens with zero attached hydrogens (tertiary/aromatic N) is 2. The molecule has 0 N–H and O–H groups in total. The molecular formula is C27H24N2O11. The average Bonchev–Trinajstić information content (AvgIpc) is 3.31. The highest BCUT2D eigenvalue weighted by molar-refractivity contribution is 5.90. The number of carbonyl (C=O) groups is 2. The van der Waals surface area contributed by atoms with Crippen LogP contribution in [0.4, 0.5) is 11.4 Å². The van der Waals surface area contributed by atoms with E-state index in [4.69, 9.17) is 23.7 Å². The number of nitro benzene ring substituents is 2. The predicted octanol–water partition coefficient (Wildman–Crippen LogP) is 3.84. The van der Waals surface area contributed by atoms with Crippen LogP contribution in [-0.2, 0) is 30.3 Å². The van der Waals surface area contributed by atoms with Crippen LogP contribution in [0.25, 0.3) is 0 Å². The van der Waals surface area contributed by atoms with Crippen LogP contribution in [0, 0.1) is 20.2 Å². The lowest BCUT2D eigenvalue weighted by Gasteiger charge is -2.24. The number of carbonyl (C=O) groups excluding carboxylic acids is 2. The van der Waals surface area contributed by atoms with E-state index in [1.807, 2.05) is 30.3 Å². The van der Waals surface area contributed by atoms with E-state index in [0.717, 1.165) is 5.56 Å². The third-order valence-corrected chi connectivity index (χ3v) is 6.03. The van der Waals surface area contributed by atoms with Gasteiger partial charge in [-0.1, -0.05) is 30.3 Å². The van der Waals surface area contributed by atoms with E-state index < -0.39 is 46.4 Å². The number of hydrogen-bond acceptors (Lipinski definition) is 11. The third kappa shape index (κ3) is 6.83. The number of hydrogen-bond donors (Lipinski definition) is 0. The van der Waals surface area contributed by atoms with Gasteiger partial charge in [0.2, 0.25) is 0 Å². The van der Waals surface area contributed by atoms with Gasteiger partial charge >= 0.3 is 11.9 Å². The Balaban J connectivity index is 1.51. The summed E-state index contributed by atoms with van der Waals surface area (Å²) in [6.45, 7) is -0.227. The van der Waals surface area contributed by atoms with Gasteiger partial charge in [-0.2, -0.15) is 0 Å². The molecular weight excluding hydrogens is 528 g/mol. The summed E-state index contributed by atoms with van der Waals surface area (Å²) in [5.74, 6) is -1.58. The number of esters is 2. The molecule has 1 aliphatic rings. The fourth-order valence-electron chi connectivity index (χ4n) is 3.97. The summed E-state index contributed by atoms with van der Waals surface area (Å²) >= 11 is 0. The summed E-state index contributed by atoms with van der Waals surface area (Å²) in [5.41, 5.74) is 0.583. The summed E-state index contributed by atoms with van der Waals surface area (Å²) < 4.78 is 28.4. The van der Waals surface area contributed by atoms with E-state index in [0.29, 0.717) is 0 Å². The van der Waals surface area contributed by atoms with Gasteiger partial charge in [0.1, 0.15) is 18.8 Å². The normalized spacial score (nSPS) is 20.0. The lowest BCUT2D eigenvalue weighted by Crippen LogP contribution is -2.41. The van der Waals surface area contributed by atoms with Crippen molar-refractivity contribution in [1.29, 1.82) is 0 Å². The number of nitro groups is 2. The largest absolute Gasteiger partial charge is 0.459 e. The molecule has 40 heavy (non-hydrogen) atoms. The van der Waals surface area contributed by atoms with Crippen molar-refractivity contribution in [3.63, 3.8) is 0 Å². The maximum Gasteiger partial charge on any atom is 0.338 e. The van der Waals surface area contributed by atoms with Gasteiger partial charge in [-0.15, -0.1) is 0 Å². The van der Waals surface area contributed by atoms with E-state index in [2.05, 4.69) is 0 Å². The maximum absolute atomic E-state index is 13.0. The number of non-ortho nitro benzene ring substituents is 2. The monoisotopic (exact) mass is 552 g/mol. The molecule has 0 aromatic heterocycles. The van der Waals surface area contributed by atoms with Crippen molar-refractivity contribution >= 4 is 23.3 Å². The average molecular weight is 552 g/mol. The fourth-order valence-corrected chi connectivity index (χ4v) is 3.97. The van der Waals surface area contributed by atoms with Gasteiger partial charge in [0.25, 0.3) is 11.4 Å². The molecule has 0 radical (unpaired) electrons. The lowest BCUT2D eigenvalue weighted by atomic mass is 10.1. The molecule has 0 saturated carbocycles. The van der Waals surface area contributed by atoms with Crippen molar-refractivity contribution in [2.24, 2.45) is 0 Å². The molecule has 3 aromatic carbocycles. The number of rotatable bonds is 11. The Morgan fingerprint density at radius 2 is 1.35 bits per heavy atom. The summed E-state index contributed by atoms with van der Waals surface area (Å²) in [6.07, 6.45) is -4.01. The molecule has 13 heteroatoms. The van der Waals surface area contributed by atoms with E-state index in [1.165, 1.54) is 55.6 Å². The van der Waals surface area contributed by atoms with E-state index in [1.54, 1.807) is 0 Å². The molecule has 0 unspecified atom stereocenters. The van der Waals surface area contributed by atoms with E-state index in [-0.39, 0.29) is 35.7 Å². The number of methoxy groups -OCH3 is 1. The molecule has 4 atom stereocenters. The zero-order chi connectivity index (χ0) is 28.6. The van der Waals surface area contributed by atoms with Crippen molar-refractivity contribution in [2.75, 3.05) is 13.7 Å². The van der Waals surface area contributed by atoms with Crippen LogP contribution in [0.2, 0.25) is 0 Å². The van der Waals surface area contributed by atoms with Gasteiger partial charge in [0.15, 0.2) is 12.4 Å². The van der Waals surface area contributed by atoms with Crippen molar-refractivity contribution in [1.82, 2.24) is 0 Å². The Kier molecular flexibility index (Phi) is 9.11. The van der Waals surface area contributed by atoms with E-state index in [9.17, 15) is 29.8 Å². The zero-order valence-corrected chi connectivity index (χ0v) is 21.1. The lowest BCUT2D eigenvalue weighted by molar-refractivity contribution is -0.385. The van der Waals surface area contributed by atoms with Crippen molar-refractivity contribution in [3.8, 4) is 0 Å². The Morgan fingerprint density at radius 3 is 1.88 bits per heavy atom. The first-order chi connectivity index (χ1) is 19.3. The molecule has 0 spiro atoms. The quantitative estimate of drug-likeness (QED) is 0.193. The molecule has 1 aliphatic heterocycles.